The van der Waals surface area contributed by atoms with E-state index in [1.54, 1.807) is 13.3 Å². The molecule has 3 rings (SSSR count). The van der Waals surface area contributed by atoms with Gasteiger partial charge in [0.25, 0.3) is 0 Å². The van der Waals surface area contributed by atoms with Gasteiger partial charge in [0.15, 0.2) is 0 Å². The van der Waals surface area contributed by atoms with Crippen LogP contribution in [0.3, 0.4) is 0 Å². The van der Waals surface area contributed by atoms with Crippen molar-refractivity contribution in [1.82, 2.24) is 15.5 Å². The topological polar surface area (TPSA) is 49.9 Å². The summed E-state index contributed by atoms with van der Waals surface area (Å²) < 4.78 is 5.30. The number of methoxy groups -OCH3 is 1. The van der Waals surface area contributed by atoms with Crippen LogP contribution in [0, 0.1) is 0 Å². The third kappa shape index (κ3) is 3.59. The molecule has 0 radical (unpaired) electrons. The van der Waals surface area contributed by atoms with Crippen molar-refractivity contribution in [3.8, 4) is 5.75 Å². The predicted octanol–water partition coefficient (Wildman–Crippen LogP) is 3.87. The SMILES string of the molecule is C=C(/C=C\C(=C)C1(c2ccc(OC)cc2)CCNCC1)c1cn[nH]c1. The molecule has 1 aliphatic heterocycles. The molecular formula is C21H25N3O. The minimum absolute atomic E-state index is 0.0509. The van der Waals surface area contributed by atoms with Crippen molar-refractivity contribution >= 4 is 5.57 Å². The molecule has 1 fully saturated rings. The smallest absolute Gasteiger partial charge is 0.118 e. The van der Waals surface area contributed by atoms with E-state index in [2.05, 4.69) is 46.9 Å². The Morgan fingerprint density at radius 1 is 1.16 bits per heavy atom. The fraction of sp³-hybridized carbons (Fsp3) is 0.286. The lowest BCUT2D eigenvalue weighted by atomic mass is 9.68. The second-order valence-electron chi connectivity index (χ2n) is 6.43. The van der Waals surface area contributed by atoms with Gasteiger partial charge in [-0.25, -0.2) is 0 Å². The van der Waals surface area contributed by atoms with E-state index in [4.69, 9.17) is 4.74 Å². The zero-order valence-corrected chi connectivity index (χ0v) is 14.7. The van der Waals surface area contributed by atoms with E-state index in [1.165, 1.54) is 5.56 Å². The van der Waals surface area contributed by atoms with Crippen LogP contribution in [0.15, 0.2) is 67.5 Å². The van der Waals surface area contributed by atoms with Gasteiger partial charge in [0.1, 0.15) is 5.75 Å². The van der Waals surface area contributed by atoms with Gasteiger partial charge in [0, 0.05) is 17.2 Å². The second kappa shape index (κ2) is 7.53. The Bertz CT molecular complexity index is 751. The average Bonchev–Trinajstić information content (AvgIpc) is 3.21. The molecule has 0 unspecified atom stereocenters. The van der Waals surface area contributed by atoms with Crippen LogP contribution in [-0.2, 0) is 5.41 Å². The van der Waals surface area contributed by atoms with Gasteiger partial charge < -0.3 is 10.1 Å². The maximum atomic E-state index is 5.30. The Kier molecular flexibility index (Phi) is 5.19. The van der Waals surface area contributed by atoms with Crippen LogP contribution in [0.1, 0.15) is 24.0 Å². The lowest BCUT2D eigenvalue weighted by Gasteiger charge is -2.39. The van der Waals surface area contributed by atoms with E-state index < -0.39 is 0 Å². The van der Waals surface area contributed by atoms with Gasteiger partial charge in [-0.15, -0.1) is 0 Å². The highest BCUT2D eigenvalue weighted by atomic mass is 16.5. The number of rotatable bonds is 6. The van der Waals surface area contributed by atoms with Crippen molar-refractivity contribution in [2.45, 2.75) is 18.3 Å². The molecule has 2 N–H and O–H groups in total. The molecule has 2 aromatic rings. The molecule has 0 bridgehead atoms. The summed E-state index contributed by atoms with van der Waals surface area (Å²) in [5, 5.41) is 10.2. The fourth-order valence-electron chi connectivity index (χ4n) is 3.44. The maximum Gasteiger partial charge on any atom is 0.118 e. The van der Waals surface area contributed by atoms with Gasteiger partial charge in [-0.1, -0.05) is 37.4 Å². The second-order valence-corrected chi connectivity index (χ2v) is 6.43. The Hall–Kier alpha value is -2.59. The largest absolute Gasteiger partial charge is 0.497 e. The van der Waals surface area contributed by atoms with E-state index in [0.29, 0.717) is 0 Å². The van der Waals surface area contributed by atoms with Crippen molar-refractivity contribution in [2.75, 3.05) is 20.2 Å². The molecule has 0 saturated carbocycles. The van der Waals surface area contributed by atoms with Crippen LogP contribution < -0.4 is 10.1 Å². The first-order valence-electron chi connectivity index (χ1n) is 8.56. The number of ether oxygens (including phenoxy) is 1. The number of H-pyrrole nitrogens is 1. The number of allylic oxidation sites excluding steroid dienone is 4. The standard InChI is InChI=1S/C21H25N3O/c1-16(18-14-23-24-15-18)4-5-17(2)21(10-12-22-13-11-21)19-6-8-20(25-3)9-7-19/h4-9,14-15,22H,1-2,10-13H2,3H3,(H,23,24)/b5-4-. The predicted molar refractivity (Wildman–Crippen MR) is 103 cm³/mol. The molecule has 0 spiro atoms. The van der Waals surface area contributed by atoms with E-state index in [0.717, 1.165) is 48.4 Å². The first-order valence-corrected chi connectivity index (χ1v) is 8.56. The Morgan fingerprint density at radius 3 is 2.48 bits per heavy atom. The van der Waals surface area contributed by atoms with Crippen LogP contribution >= 0.6 is 0 Å². The van der Waals surface area contributed by atoms with Crippen molar-refractivity contribution < 1.29 is 4.74 Å². The normalized spacial score (nSPS) is 16.7. The highest BCUT2D eigenvalue weighted by molar-refractivity contribution is 5.71. The number of aromatic amines is 1. The first kappa shape index (κ1) is 17.2. The summed E-state index contributed by atoms with van der Waals surface area (Å²) in [4.78, 5) is 0. The zero-order valence-electron chi connectivity index (χ0n) is 14.7. The van der Waals surface area contributed by atoms with Crippen molar-refractivity contribution in [3.05, 3.63) is 78.7 Å². The van der Waals surface area contributed by atoms with Crippen LogP contribution in [0.2, 0.25) is 0 Å². The van der Waals surface area contributed by atoms with Crippen LogP contribution in [-0.4, -0.2) is 30.4 Å². The lowest BCUT2D eigenvalue weighted by Crippen LogP contribution is -2.40. The number of nitrogens with zero attached hydrogens (tertiary/aromatic N) is 1. The number of benzene rings is 1. The van der Waals surface area contributed by atoms with Crippen molar-refractivity contribution in [1.29, 1.82) is 0 Å². The van der Waals surface area contributed by atoms with E-state index >= 15 is 0 Å². The number of aromatic nitrogens is 2. The molecule has 0 atom stereocenters. The van der Waals surface area contributed by atoms with E-state index in [9.17, 15) is 0 Å². The van der Waals surface area contributed by atoms with Gasteiger partial charge in [0.05, 0.1) is 13.3 Å². The minimum Gasteiger partial charge on any atom is -0.497 e. The molecule has 130 valence electrons. The third-order valence-corrected chi connectivity index (χ3v) is 5.07. The van der Waals surface area contributed by atoms with E-state index in [1.807, 2.05) is 24.4 Å². The van der Waals surface area contributed by atoms with Gasteiger partial charge in [-0.2, -0.15) is 5.10 Å². The monoisotopic (exact) mass is 335 g/mol. The summed E-state index contributed by atoms with van der Waals surface area (Å²) in [5.74, 6) is 0.877. The average molecular weight is 335 g/mol. The first-order chi connectivity index (χ1) is 12.2. The highest BCUT2D eigenvalue weighted by Gasteiger charge is 2.35. The molecule has 25 heavy (non-hydrogen) atoms. The molecule has 4 heteroatoms. The number of hydrogen-bond acceptors (Lipinski definition) is 3. The summed E-state index contributed by atoms with van der Waals surface area (Å²) in [6.07, 6.45) is 9.81. The molecule has 0 aliphatic carbocycles. The Labute approximate surface area is 149 Å². The Morgan fingerprint density at radius 2 is 1.88 bits per heavy atom. The molecule has 2 heterocycles. The van der Waals surface area contributed by atoms with Crippen molar-refractivity contribution in [3.63, 3.8) is 0 Å². The van der Waals surface area contributed by atoms with Crippen molar-refractivity contribution in [2.24, 2.45) is 0 Å². The summed E-state index contributed by atoms with van der Waals surface area (Å²) in [6.45, 7) is 10.5. The quantitative estimate of drug-likeness (QED) is 0.788. The number of piperidine rings is 1. The number of nitrogens with one attached hydrogen (secondary N) is 2. The van der Waals surface area contributed by atoms with Gasteiger partial charge in [-0.05, 0) is 54.8 Å². The Balaban J connectivity index is 1.86. The molecule has 0 amide bonds. The summed E-state index contributed by atoms with van der Waals surface area (Å²) in [7, 11) is 1.69. The molecule has 1 aromatic heterocycles. The highest BCUT2D eigenvalue weighted by Crippen LogP contribution is 2.41. The minimum atomic E-state index is -0.0509. The molecule has 1 saturated heterocycles. The van der Waals surface area contributed by atoms with Crippen LogP contribution in [0.4, 0.5) is 0 Å². The van der Waals surface area contributed by atoms with E-state index in [-0.39, 0.29) is 5.41 Å². The van der Waals surface area contributed by atoms with Gasteiger partial charge in [0.2, 0.25) is 0 Å². The van der Waals surface area contributed by atoms with Crippen LogP contribution in [0.25, 0.3) is 5.57 Å². The fourth-order valence-corrected chi connectivity index (χ4v) is 3.44. The van der Waals surface area contributed by atoms with Gasteiger partial charge >= 0.3 is 0 Å². The molecule has 1 aliphatic rings. The summed E-state index contributed by atoms with van der Waals surface area (Å²) in [5.41, 5.74) is 4.27. The lowest BCUT2D eigenvalue weighted by molar-refractivity contribution is 0.361. The zero-order chi connectivity index (χ0) is 17.7. The van der Waals surface area contributed by atoms with Gasteiger partial charge in [-0.3, -0.25) is 5.10 Å². The summed E-state index contributed by atoms with van der Waals surface area (Å²) >= 11 is 0. The summed E-state index contributed by atoms with van der Waals surface area (Å²) in [6, 6.07) is 8.38. The van der Waals surface area contributed by atoms with Crippen LogP contribution in [0.5, 0.6) is 5.75 Å². The molecular weight excluding hydrogens is 310 g/mol. The number of hydrogen-bond donors (Lipinski definition) is 2. The maximum absolute atomic E-state index is 5.30. The third-order valence-electron chi connectivity index (χ3n) is 5.07. The molecule has 4 nitrogen and oxygen atoms in total. The molecule has 1 aromatic carbocycles.